The Kier molecular flexibility index (Phi) is 4.43. The number of hydrogen-bond acceptors (Lipinski definition) is 4. The van der Waals surface area contributed by atoms with E-state index in [2.05, 4.69) is 12.1 Å². The minimum Gasteiger partial charge on any atom is -0.496 e. The van der Waals surface area contributed by atoms with Crippen molar-refractivity contribution in [2.75, 3.05) is 19.1 Å². The van der Waals surface area contributed by atoms with Gasteiger partial charge in [-0.1, -0.05) is 12.1 Å². The largest absolute Gasteiger partial charge is 0.496 e. The molecule has 0 spiro atoms. The molecule has 0 atom stereocenters. The number of benzene rings is 2. The summed E-state index contributed by atoms with van der Waals surface area (Å²) in [6.45, 7) is 0.553. The first-order valence-corrected chi connectivity index (χ1v) is 6.47. The summed E-state index contributed by atoms with van der Waals surface area (Å²) < 4.78 is 5.34. The average molecular weight is 277 g/mol. The molecule has 2 aromatic rings. The molecule has 104 valence electrons. The monoisotopic (exact) mass is 277 g/mol. The molecule has 0 unspecified atom stereocenters. The predicted octanol–water partition coefficient (Wildman–Crippen LogP) is 3.07. The Labute approximate surface area is 124 Å². The van der Waals surface area contributed by atoms with E-state index in [0.717, 1.165) is 17.0 Å². The van der Waals surface area contributed by atoms with Gasteiger partial charge in [0.1, 0.15) is 11.8 Å². The molecule has 0 aromatic heterocycles. The maximum atomic E-state index is 9.17. The molecule has 0 saturated carbocycles. The predicted molar refractivity (Wildman–Crippen MR) is 81.0 cm³/mol. The number of methoxy groups -OCH3 is 1. The number of anilines is 1. The third kappa shape index (κ3) is 3.13. The van der Waals surface area contributed by atoms with Gasteiger partial charge in [-0.25, -0.2) is 0 Å². The normalized spacial score (nSPS) is 9.52. The van der Waals surface area contributed by atoms with Crippen LogP contribution in [0.1, 0.15) is 16.7 Å². The molecule has 0 fully saturated rings. The number of ether oxygens (including phenoxy) is 1. The molecule has 4 heteroatoms. The second-order valence-corrected chi connectivity index (χ2v) is 4.62. The lowest BCUT2D eigenvalue weighted by atomic mass is 10.1. The molecule has 4 nitrogen and oxygen atoms in total. The average Bonchev–Trinajstić information content (AvgIpc) is 2.54. The molecule has 0 aliphatic rings. The Balaban J connectivity index is 2.33. The maximum absolute atomic E-state index is 9.17. The van der Waals surface area contributed by atoms with Gasteiger partial charge in [-0.3, -0.25) is 0 Å². The maximum Gasteiger partial charge on any atom is 0.123 e. The van der Waals surface area contributed by atoms with E-state index in [1.807, 2.05) is 36.2 Å². The van der Waals surface area contributed by atoms with E-state index in [1.54, 1.807) is 25.3 Å². The van der Waals surface area contributed by atoms with Crippen LogP contribution in [-0.2, 0) is 6.54 Å². The van der Waals surface area contributed by atoms with Crippen molar-refractivity contribution in [3.8, 4) is 17.9 Å². The van der Waals surface area contributed by atoms with Gasteiger partial charge in [-0.15, -0.1) is 0 Å². The van der Waals surface area contributed by atoms with E-state index in [0.29, 0.717) is 17.7 Å². The fourth-order valence-corrected chi connectivity index (χ4v) is 2.21. The van der Waals surface area contributed by atoms with Gasteiger partial charge in [-0.2, -0.15) is 10.5 Å². The smallest absolute Gasteiger partial charge is 0.123 e. The van der Waals surface area contributed by atoms with E-state index in [-0.39, 0.29) is 0 Å². The van der Waals surface area contributed by atoms with Crippen molar-refractivity contribution in [2.45, 2.75) is 6.54 Å². The lowest BCUT2D eigenvalue weighted by Crippen LogP contribution is -2.18. The fraction of sp³-hybridized carbons (Fsp3) is 0.176. The number of para-hydroxylation sites is 1. The molecule has 0 N–H and O–H groups in total. The summed E-state index contributed by atoms with van der Waals surface area (Å²) in [6.07, 6.45) is 0. The van der Waals surface area contributed by atoms with Crippen LogP contribution in [0, 0.1) is 22.7 Å². The van der Waals surface area contributed by atoms with E-state index < -0.39 is 0 Å². The third-order valence-electron chi connectivity index (χ3n) is 3.25. The summed E-state index contributed by atoms with van der Waals surface area (Å²) in [5.74, 6) is 0.732. The molecule has 0 heterocycles. The third-order valence-corrected chi connectivity index (χ3v) is 3.25. The summed E-state index contributed by atoms with van der Waals surface area (Å²) >= 11 is 0. The second kappa shape index (κ2) is 6.45. The van der Waals surface area contributed by atoms with Crippen LogP contribution in [0.3, 0.4) is 0 Å². The van der Waals surface area contributed by atoms with Crippen molar-refractivity contribution in [3.05, 3.63) is 59.2 Å². The molecule has 0 saturated heterocycles. The van der Waals surface area contributed by atoms with Crippen molar-refractivity contribution < 1.29 is 4.74 Å². The molecule has 2 aromatic carbocycles. The van der Waals surface area contributed by atoms with Gasteiger partial charge in [0.25, 0.3) is 0 Å². The summed E-state index contributed by atoms with van der Waals surface area (Å²) in [7, 11) is 3.52. The minimum atomic E-state index is 0.553. The van der Waals surface area contributed by atoms with Gasteiger partial charge >= 0.3 is 0 Å². The van der Waals surface area contributed by atoms with Crippen molar-refractivity contribution in [3.63, 3.8) is 0 Å². The van der Waals surface area contributed by atoms with Gasteiger partial charge in [0.15, 0.2) is 0 Å². The summed E-state index contributed by atoms with van der Waals surface area (Å²) in [6, 6.07) is 17.1. The van der Waals surface area contributed by atoms with Crippen LogP contribution in [0.15, 0.2) is 42.5 Å². The van der Waals surface area contributed by atoms with Crippen molar-refractivity contribution >= 4 is 5.69 Å². The van der Waals surface area contributed by atoms with Gasteiger partial charge in [0, 0.05) is 19.2 Å². The van der Waals surface area contributed by atoms with Crippen LogP contribution in [0.25, 0.3) is 0 Å². The van der Waals surface area contributed by atoms with E-state index in [1.165, 1.54) is 0 Å². The quantitative estimate of drug-likeness (QED) is 0.861. The molecule has 0 aliphatic carbocycles. The zero-order valence-electron chi connectivity index (χ0n) is 12.0. The van der Waals surface area contributed by atoms with Gasteiger partial charge in [0.2, 0.25) is 0 Å². The number of nitriles is 2. The van der Waals surface area contributed by atoms with Crippen LogP contribution in [0.4, 0.5) is 5.69 Å². The zero-order valence-corrected chi connectivity index (χ0v) is 12.0. The SMILES string of the molecule is COc1ccc(C#N)cc1CN(C)c1ccccc1C#N. The van der Waals surface area contributed by atoms with Crippen LogP contribution >= 0.6 is 0 Å². The van der Waals surface area contributed by atoms with Crippen molar-refractivity contribution in [1.82, 2.24) is 0 Å². The summed E-state index contributed by atoms with van der Waals surface area (Å²) in [5, 5.41) is 18.2. The Hall–Kier alpha value is -2.98. The highest BCUT2D eigenvalue weighted by atomic mass is 16.5. The van der Waals surface area contributed by atoms with Crippen LogP contribution < -0.4 is 9.64 Å². The van der Waals surface area contributed by atoms with Crippen molar-refractivity contribution in [1.29, 1.82) is 10.5 Å². The van der Waals surface area contributed by atoms with Gasteiger partial charge in [-0.05, 0) is 30.3 Å². The van der Waals surface area contributed by atoms with Crippen molar-refractivity contribution in [2.24, 2.45) is 0 Å². The van der Waals surface area contributed by atoms with E-state index in [9.17, 15) is 5.26 Å². The highest BCUT2D eigenvalue weighted by Crippen LogP contribution is 2.25. The molecule has 2 rings (SSSR count). The summed E-state index contributed by atoms with van der Waals surface area (Å²) in [4.78, 5) is 1.97. The minimum absolute atomic E-state index is 0.553. The molecule has 0 aliphatic heterocycles. The van der Waals surface area contributed by atoms with E-state index in [4.69, 9.17) is 10.00 Å². The van der Waals surface area contributed by atoms with E-state index >= 15 is 0 Å². The Morgan fingerprint density at radius 2 is 1.86 bits per heavy atom. The van der Waals surface area contributed by atoms with Gasteiger partial charge in [0.05, 0.1) is 30.0 Å². The molecular weight excluding hydrogens is 262 g/mol. The number of hydrogen-bond donors (Lipinski definition) is 0. The molecular formula is C17H15N3O. The van der Waals surface area contributed by atoms with Gasteiger partial charge < -0.3 is 9.64 Å². The molecule has 21 heavy (non-hydrogen) atoms. The molecule has 0 radical (unpaired) electrons. The first-order valence-electron chi connectivity index (χ1n) is 6.47. The Morgan fingerprint density at radius 3 is 2.52 bits per heavy atom. The number of nitrogens with zero attached hydrogens (tertiary/aromatic N) is 3. The zero-order chi connectivity index (χ0) is 15.2. The Bertz CT molecular complexity index is 726. The van der Waals surface area contributed by atoms with Crippen LogP contribution in [0.2, 0.25) is 0 Å². The lowest BCUT2D eigenvalue weighted by molar-refractivity contribution is 0.409. The highest BCUT2D eigenvalue weighted by molar-refractivity contribution is 5.59. The topological polar surface area (TPSA) is 60.0 Å². The Morgan fingerprint density at radius 1 is 1.10 bits per heavy atom. The first-order chi connectivity index (χ1) is 10.2. The second-order valence-electron chi connectivity index (χ2n) is 4.62. The first kappa shape index (κ1) is 14.4. The molecule has 0 amide bonds. The number of rotatable bonds is 4. The summed E-state index contributed by atoms with van der Waals surface area (Å²) in [5.41, 5.74) is 2.97. The van der Waals surface area contributed by atoms with Crippen LogP contribution in [-0.4, -0.2) is 14.2 Å². The standard InChI is InChI=1S/C17H15N3O/c1-20(16-6-4-3-5-14(16)11-19)12-15-9-13(10-18)7-8-17(15)21-2/h3-9H,12H2,1-2H3. The lowest BCUT2D eigenvalue weighted by Gasteiger charge is -2.21. The molecule has 0 bridgehead atoms. The van der Waals surface area contributed by atoms with Crippen LogP contribution in [0.5, 0.6) is 5.75 Å². The fourth-order valence-electron chi connectivity index (χ4n) is 2.21. The highest BCUT2D eigenvalue weighted by Gasteiger charge is 2.11.